The van der Waals surface area contributed by atoms with Crippen LogP contribution in [0.25, 0.3) is 0 Å². The molecule has 1 aliphatic heterocycles. The second-order valence-corrected chi connectivity index (χ2v) is 7.31. The standard InChI is InChI=1S/C20H32N4O/c1-14(2)19(25)24-9-7-18(13-24)23-20(21-5)22-8-6-17-11-15(3)10-16(4)12-17/h10-12,14,18H,6-9,13H2,1-5H3,(H2,21,22,23). The lowest BCUT2D eigenvalue weighted by molar-refractivity contribution is -0.133. The summed E-state index contributed by atoms with van der Waals surface area (Å²) in [4.78, 5) is 18.3. The summed E-state index contributed by atoms with van der Waals surface area (Å²) in [5.41, 5.74) is 3.95. The maximum atomic E-state index is 12.1. The molecule has 1 heterocycles. The molecule has 1 amide bonds. The van der Waals surface area contributed by atoms with Gasteiger partial charge in [-0.05, 0) is 32.3 Å². The Balaban J connectivity index is 1.78. The highest BCUT2D eigenvalue weighted by Crippen LogP contribution is 2.13. The fraction of sp³-hybridized carbons (Fsp3) is 0.600. The lowest BCUT2D eigenvalue weighted by atomic mass is 10.1. The van der Waals surface area contributed by atoms with Gasteiger partial charge < -0.3 is 15.5 Å². The Bertz CT molecular complexity index is 604. The van der Waals surface area contributed by atoms with Crippen LogP contribution in [0.3, 0.4) is 0 Å². The second kappa shape index (κ2) is 8.88. The maximum absolute atomic E-state index is 12.1. The molecular formula is C20H32N4O. The third kappa shape index (κ3) is 5.76. The van der Waals surface area contributed by atoms with Crippen LogP contribution in [0.5, 0.6) is 0 Å². The van der Waals surface area contributed by atoms with Crippen LogP contribution in [0.2, 0.25) is 0 Å². The molecule has 0 saturated carbocycles. The number of nitrogens with zero attached hydrogens (tertiary/aromatic N) is 2. The topological polar surface area (TPSA) is 56.7 Å². The Labute approximate surface area is 151 Å². The van der Waals surface area contributed by atoms with E-state index in [0.717, 1.165) is 38.4 Å². The molecule has 0 bridgehead atoms. The van der Waals surface area contributed by atoms with Crippen LogP contribution in [0.15, 0.2) is 23.2 Å². The summed E-state index contributed by atoms with van der Waals surface area (Å²) in [5, 5.41) is 6.83. The summed E-state index contributed by atoms with van der Waals surface area (Å²) >= 11 is 0. The fourth-order valence-corrected chi connectivity index (χ4v) is 3.37. The molecule has 0 radical (unpaired) electrons. The van der Waals surface area contributed by atoms with Gasteiger partial charge in [0, 0.05) is 38.6 Å². The van der Waals surface area contributed by atoms with Crippen molar-refractivity contribution in [2.24, 2.45) is 10.9 Å². The van der Waals surface area contributed by atoms with E-state index >= 15 is 0 Å². The third-order valence-corrected chi connectivity index (χ3v) is 4.55. The average molecular weight is 345 g/mol. The number of benzene rings is 1. The van der Waals surface area contributed by atoms with Gasteiger partial charge in [0.25, 0.3) is 0 Å². The number of amides is 1. The highest BCUT2D eigenvalue weighted by Gasteiger charge is 2.27. The van der Waals surface area contributed by atoms with Gasteiger partial charge in [-0.25, -0.2) is 0 Å². The van der Waals surface area contributed by atoms with Crippen LogP contribution in [0, 0.1) is 19.8 Å². The molecule has 5 heteroatoms. The van der Waals surface area contributed by atoms with Gasteiger partial charge >= 0.3 is 0 Å². The van der Waals surface area contributed by atoms with Gasteiger partial charge in [0.15, 0.2) is 5.96 Å². The molecule has 2 rings (SSSR count). The molecule has 1 atom stereocenters. The first-order valence-corrected chi connectivity index (χ1v) is 9.22. The SMILES string of the molecule is CN=C(NCCc1cc(C)cc(C)c1)NC1CCN(C(=O)C(C)C)C1. The van der Waals surface area contributed by atoms with Gasteiger partial charge in [0.05, 0.1) is 0 Å². The number of aryl methyl sites for hydroxylation is 2. The summed E-state index contributed by atoms with van der Waals surface area (Å²) in [7, 11) is 1.79. The molecule has 1 aliphatic rings. The van der Waals surface area contributed by atoms with Crippen molar-refractivity contribution in [3.8, 4) is 0 Å². The van der Waals surface area contributed by atoms with Crippen LogP contribution in [0.1, 0.15) is 37.0 Å². The summed E-state index contributed by atoms with van der Waals surface area (Å²) in [6.07, 6.45) is 1.93. The first-order chi connectivity index (χ1) is 11.9. The molecule has 0 spiro atoms. The lowest BCUT2D eigenvalue weighted by Gasteiger charge is -2.20. The van der Waals surface area contributed by atoms with Crippen LogP contribution < -0.4 is 10.6 Å². The summed E-state index contributed by atoms with van der Waals surface area (Å²) in [5.74, 6) is 1.12. The summed E-state index contributed by atoms with van der Waals surface area (Å²) in [6, 6.07) is 6.94. The number of rotatable bonds is 5. The normalized spacial score (nSPS) is 17.9. The minimum atomic E-state index is 0.0639. The zero-order valence-corrected chi connectivity index (χ0v) is 16.2. The van der Waals surface area contributed by atoms with Gasteiger partial charge in [-0.1, -0.05) is 43.2 Å². The Morgan fingerprint density at radius 1 is 1.28 bits per heavy atom. The van der Waals surface area contributed by atoms with Crippen molar-refractivity contribution >= 4 is 11.9 Å². The van der Waals surface area contributed by atoms with E-state index in [2.05, 4.69) is 47.7 Å². The zero-order valence-electron chi connectivity index (χ0n) is 16.2. The van der Waals surface area contributed by atoms with Crippen LogP contribution >= 0.6 is 0 Å². The number of hydrogen-bond acceptors (Lipinski definition) is 2. The minimum absolute atomic E-state index is 0.0639. The number of nitrogens with one attached hydrogen (secondary N) is 2. The molecule has 1 unspecified atom stereocenters. The minimum Gasteiger partial charge on any atom is -0.356 e. The van der Waals surface area contributed by atoms with E-state index in [1.54, 1.807) is 7.05 Å². The molecule has 1 aromatic rings. The first kappa shape index (κ1) is 19.3. The van der Waals surface area contributed by atoms with Crippen molar-refractivity contribution in [3.63, 3.8) is 0 Å². The van der Waals surface area contributed by atoms with E-state index in [1.807, 2.05) is 18.7 Å². The second-order valence-electron chi connectivity index (χ2n) is 7.31. The molecule has 5 nitrogen and oxygen atoms in total. The molecule has 0 aliphatic carbocycles. The Morgan fingerprint density at radius 3 is 2.56 bits per heavy atom. The monoisotopic (exact) mass is 344 g/mol. The van der Waals surface area contributed by atoms with Crippen LogP contribution in [0.4, 0.5) is 0 Å². The predicted molar refractivity (Wildman–Crippen MR) is 104 cm³/mol. The molecule has 2 N–H and O–H groups in total. The molecular weight excluding hydrogens is 312 g/mol. The van der Waals surface area contributed by atoms with E-state index < -0.39 is 0 Å². The Hall–Kier alpha value is -2.04. The Morgan fingerprint density at radius 2 is 1.96 bits per heavy atom. The maximum Gasteiger partial charge on any atom is 0.225 e. The number of aliphatic imine (C=N–C) groups is 1. The van der Waals surface area contributed by atoms with Gasteiger partial charge in [-0.2, -0.15) is 0 Å². The van der Waals surface area contributed by atoms with Crippen LogP contribution in [-0.2, 0) is 11.2 Å². The highest BCUT2D eigenvalue weighted by molar-refractivity contribution is 5.81. The number of likely N-dealkylation sites (tertiary alicyclic amines) is 1. The van der Waals surface area contributed by atoms with Crippen molar-refractivity contribution in [2.45, 2.75) is 46.6 Å². The van der Waals surface area contributed by atoms with Gasteiger partial charge in [0.1, 0.15) is 0 Å². The smallest absolute Gasteiger partial charge is 0.225 e. The van der Waals surface area contributed by atoms with E-state index in [0.29, 0.717) is 0 Å². The van der Waals surface area contributed by atoms with Crippen molar-refractivity contribution in [2.75, 3.05) is 26.7 Å². The van der Waals surface area contributed by atoms with Gasteiger partial charge in [0.2, 0.25) is 5.91 Å². The van der Waals surface area contributed by atoms with E-state index in [9.17, 15) is 4.79 Å². The number of carbonyl (C=O) groups excluding carboxylic acids is 1. The van der Waals surface area contributed by atoms with E-state index in [4.69, 9.17) is 0 Å². The predicted octanol–water partition coefficient (Wildman–Crippen LogP) is 2.27. The fourth-order valence-electron chi connectivity index (χ4n) is 3.37. The summed E-state index contributed by atoms with van der Waals surface area (Å²) < 4.78 is 0. The first-order valence-electron chi connectivity index (χ1n) is 9.22. The molecule has 1 aromatic carbocycles. The quantitative estimate of drug-likeness (QED) is 0.636. The number of hydrogen-bond donors (Lipinski definition) is 2. The van der Waals surface area contributed by atoms with E-state index in [-0.39, 0.29) is 17.9 Å². The lowest BCUT2D eigenvalue weighted by Crippen LogP contribution is -2.45. The van der Waals surface area contributed by atoms with Crippen molar-refractivity contribution in [1.82, 2.24) is 15.5 Å². The zero-order chi connectivity index (χ0) is 18.4. The molecule has 1 fully saturated rings. The summed E-state index contributed by atoms with van der Waals surface area (Å²) in [6.45, 7) is 10.6. The van der Waals surface area contributed by atoms with Gasteiger partial charge in [-0.3, -0.25) is 9.79 Å². The van der Waals surface area contributed by atoms with Gasteiger partial charge in [-0.15, -0.1) is 0 Å². The largest absolute Gasteiger partial charge is 0.356 e. The molecule has 25 heavy (non-hydrogen) atoms. The molecule has 1 saturated heterocycles. The van der Waals surface area contributed by atoms with Crippen LogP contribution in [-0.4, -0.2) is 49.5 Å². The number of carbonyl (C=O) groups is 1. The average Bonchev–Trinajstić information content (AvgIpc) is 3.00. The Kier molecular flexibility index (Phi) is 6.85. The number of guanidine groups is 1. The highest BCUT2D eigenvalue weighted by atomic mass is 16.2. The van der Waals surface area contributed by atoms with E-state index in [1.165, 1.54) is 16.7 Å². The van der Waals surface area contributed by atoms with Crippen molar-refractivity contribution < 1.29 is 4.79 Å². The van der Waals surface area contributed by atoms with Crippen molar-refractivity contribution in [1.29, 1.82) is 0 Å². The van der Waals surface area contributed by atoms with Crippen molar-refractivity contribution in [3.05, 3.63) is 34.9 Å². The molecule has 138 valence electrons. The molecule has 0 aromatic heterocycles. The third-order valence-electron chi connectivity index (χ3n) is 4.55.